The maximum atomic E-state index is 15.2. The van der Waals surface area contributed by atoms with E-state index < -0.39 is 41.4 Å². The number of alkyl halides is 2. The van der Waals surface area contributed by atoms with Gasteiger partial charge in [-0.15, -0.1) is 0 Å². The molecule has 0 unspecified atom stereocenters. The smallest absolute Gasteiger partial charge is 0.312 e. The van der Waals surface area contributed by atoms with Crippen molar-refractivity contribution in [3.63, 3.8) is 0 Å². The van der Waals surface area contributed by atoms with Gasteiger partial charge in [-0.2, -0.15) is 0 Å². The highest BCUT2D eigenvalue weighted by atomic mass is 19.3. The zero-order valence-corrected chi connectivity index (χ0v) is 20.8. The van der Waals surface area contributed by atoms with E-state index in [1.165, 1.54) is 24.3 Å². The van der Waals surface area contributed by atoms with Crippen LogP contribution in [0.1, 0.15) is 25.3 Å². The van der Waals surface area contributed by atoms with Gasteiger partial charge >= 0.3 is 5.97 Å². The van der Waals surface area contributed by atoms with Crippen molar-refractivity contribution in [3.05, 3.63) is 89.7 Å². The summed E-state index contributed by atoms with van der Waals surface area (Å²) in [6, 6.07) is 9.57. The fourth-order valence-corrected chi connectivity index (χ4v) is 4.84. The van der Waals surface area contributed by atoms with E-state index in [0.29, 0.717) is 37.7 Å². The zero-order valence-electron chi connectivity index (χ0n) is 20.8. The maximum absolute atomic E-state index is 15.2. The predicted octanol–water partition coefficient (Wildman–Crippen LogP) is 7.71. The highest BCUT2D eigenvalue weighted by Crippen LogP contribution is 2.46. The van der Waals surface area contributed by atoms with E-state index in [-0.39, 0.29) is 27.7 Å². The van der Waals surface area contributed by atoms with Gasteiger partial charge in [0.1, 0.15) is 11.6 Å². The van der Waals surface area contributed by atoms with E-state index in [1.807, 2.05) is 0 Å². The predicted molar refractivity (Wildman–Crippen MR) is 130 cm³/mol. The Balaban J connectivity index is 1.37. The van der Waals surface area contributed by atoms with Crippen LogP contribution in [0.15, 0.2) is 60.9 Å². The number of hydrogen-bond acceptors (Lipinski definition) is 4. The molecule has 0 atom stereocenters. The SMILES string of the molecule is CCCC12COC(c3ccc(-c4ccc(-c5cc(F)c(O/C=C/C(F)F)c(F)c5)c(F)c4)c(F)c3)(OC1)OC2. The van der Waals surface area contributed by atoms with Crippen LogP contribution in [-0.4, -0.2) is 26.2 Å². The van der Waals surface area contributed by atoms with Crippen molar-refractivity contribution in [1.29, 1.82) is 0 Å². The Hall–Kier alpha value is -3.34. The molecule has 206 valence electrons. The van der Waals surface area contributed by atoms with Crippen LogP contribution in [0, 0.1) is 28.7 Å². The molecule has 0 N–H and O–H groups in total. The number of halogens is 6. The zero-order chi connectivity index (χ0) is 27.8. The van der Waals surface area contributed by atoms with E-state index in [4.69, 9.17) is 14.2 Å². The molecule has 3 heterocycles. The van der Waals surface area contributed by atoms with E-state index in [9.17, 15) is 17.6 Å². The van der Waals surface area contributed by atoms with Crippen LogP contribution in [0.2, 0.25) is 0 Å². The van der Waals surface area contributed by atoms with Crippen molar-refractivity contribution < 1.29 is 45.3 Å². The number of fused-ring (bicyclic) bond motifs is 3. The van der Waals surface area contributed by atoms with Crippen LogP contribution >= 0.6 is 0 Å². The van der Waals surface area contributed by atoms with Gasteiger partial charge in [-0.25, -0.2) is 26.3 Å². The number of allylic oxidation sites excluding steroid dienone is 1. The summed E-state index contributed by atoms with van der Waals surface area (Å²) < 4.78 is 106. The van der Waals surface area contributed by atoms with Crippen molar-refractivity contribution in [2.75, 3.05) is 19.8 Å². The maximum Gasteiger partial charge on any atom is 0.312 e. The van der Waals surface area contributed by atoms with Crippen molar-refractivity contribution in [3.8, 4) is 28.0 Å². The Labute approximate surface area is 220 Å². The first kappa shape index (κ1) is 27.2. The van der Waals surface area contributed by atoms with Crippen LogP contribution in [0.25, 0.3) is 22.3 Å². The van der Waals surface area contributed by atoms with Crippen LogP contribution < -0.4 is 4.74 Å². The minimum absolute atomic E-state index is 0.0828. The molecule has 3 aliphatic heterocycles. The first-order valence-corrected chi connectivity index (χ1v) is 12.3. The average molecular weight is 550 g/mol. The second-order valence-electron chi connectivity index (χ2n) is 9.61. The molecule has 0 amide bonds. The summed E-state index contributed by atoms with van der Waals surface area (Å²) in [6.07, 6.45) is -0.251. The molecule has 3 aromatic rings. The molecule has 3 aromatic carbocycles. The van der Waals surface area contributed by atoms with E-state index in [2.05, 4.69) is 11.7 Å². The van der Waals surface area contributed by atoms with Gasteiger partial charge in [-0.1, -0.05) is 37.6 Å². The van der Waals surface area contributed by atoms with Gasteiger partial charge in [0.2, 0.25) is 0 Å². The Morgan fingerprint density at radius 2 is 1.36 bits per heavy atom. The summed E-state index contributed by atoms with van der Waals surface area (Å²) in [4.78, 5) is 0. The van der Waals surface area contributed by atoms with Crippen LogP contribution in [0.4, 0.5) is 26.3 Å². The molecule has 4 nitrogen and oxygen atoms in total. The highest BCUT2D eigenvalue weighted by Gasteiger charge is 2.53. The second-order valence-corrected chi connectivity index (χ2v) is 9.61. The fourth-order valence-electron chi connectivity index (χ4n) is 4.84. The first-order valence-electron chi connectivity index (χ1n) is 12.3. The van der Waals surface area contributed by atoms with Crippen LogP contribution in [-0.2, 0) is 20.2 Å². The van der Waals surface area contributed by atoms with Crippen LogP contribution in [0.5, 0.6) is 5.75 Å². The topological polar surface area (TPSA) is 36.9 Å². The van der Waals surface area contributed by atoms with Gasteiger partial charge in [-0.3, -0.25) is 0 Å². The van der Waals surface area contributed by atoms with Crippen LogP contribution in [0.3, 0.4) is 0 Å². The Morgan fingerprint density at radius 1 is 0.795 bits per heavy atom. The quantitative estimate of drug-likeness (QED) is 0.213. The molecular weight excluding hydrogens is 526 g/mol. The lowest BCUT2D eigenvalue weighted by molar-refractivity contribution is -0.480. The molecule has 0 aromatic heterocycles. The molecule has 3 saturated heterocycles. The monoisotopic (exact) mass is 550 g/mol. The fraction of sp³-hybridized carbons (Fsp3) is 0.310. The van der Waals surface area contributed by atoms with Crippen molar-refractivity contribution in [1.82, 2.24) is 0 Å². The molecule has 0 spiro atoms. The van der Waals surface area contributed by atoms with Gasteiger partial charge in [0.05, 0.1) is 26.1 Å². The first-order chi connectivity index (χ1) is 18.7. The number of hydrogen-bond donors (Lipinski definition) is 0. The molecule has 6 rings (SSSR count). The minimum Gasteiger partial charge on any atom is -0.459 e. The van der Waals surface area contributed by atoms with E-state index in [0.717, 1.165) is 31.0 Å². The summed E-state index contributed by atoms with van der Waals surface area (Å²) in [5.74, 6) is -6.35. The van der Waals surface area contributed by atoms with Gasteiger partial charge in [0.15, 0.2) is 17.4 Å². The Bertz CT molecular complexity index is 1360. The van der Waals surface area contributed by atoms with E-state index >= 15 is 8.78 Å². The minimum atomic E-state index is -2.86. The molecule has 3 aliphatic rings. The number of ether oxygens (including phenoxy) is 4. The summed E-state index contributed by atoms with van der Waals surface area (Å²) in [7, 11) is 0. The molecule has 0 saturated carbocycles. The molecule has 0 aliphatic carbocycles. The molecule has 3 fully saturated rings. The third kappa shape index (κ3) is 5.28. The van der Waals surface area contributed by atoms with Crippen molar-refractivity contribution in [2.24, 2.45) is 5.41 Å². The molecule has 39 heavy (non-hydrogen) atoms. The number of benzene rings is 3. The summed E-state index contributed by atoms with van der Waals surface area (Å²) >= 11 is 0. The molecular formula is C29H24F6O4. The Kier molecular flexibility index (Phi) is 7.45. The average Bonchev–Trinajstić information content (AvgIpc) is 2.91. The molecule has 10 heteroatoms. The lowest BCUT2D eigenvalue weighted by Gasteiger charge is -2.51. The van der Waals surface area contributed by atoms with E-state index in [1.54, 1.807) is 6.07 Å². The standard InChI is InChI=1S/C29H24F6O4/c1-2-8-28-14-37-29(38-15-28,39-16-28)19-4-6-20(23(31)13-19)17-3-5-21(22(30)10-17)18-11-24(32)27(25(33)12-18)36-9-7-26(34)35/h3-7,9-13,26H,2,8,14-16H2,1H3/b9-7+. The molecule has 2 bridgehead atoms. The second kappa shape index (κ2) is 10.7. The molecule has 0 radical (unpaired) electrons. The largest absolute Gasteiger partial charge is 0.459 e. The number of rotatable bonds is 8. The van der Waals surface area contributed by atoms with Gasteiger partial charge in [0.25, 0.3) is 6.43 Å². The van der Waals surface area contributed by atoms with Gasteiger partial charge in [0, 0.05) is 28.2 Å². The summed E-state index contributed by atoms with van der Waals surface area (Å²) in [5, 5.41) is 0. The lowest BCUT2D eigenvalue weighted by atomic mass is 9.83. The third-order valence-corrected chi connectivity index (χ3v) is 6.81. The third-order valence-electron chi connectivity index (χ3n) is 6.81. The Morgan fingerprint density at radius 3 is 1.92 bits per heavy atom. The van der Waals surface area contributed by atoms with Gasteiger partial charge < -0.3 is 18.9 Å². The normalized spacial score (nSPS) is 22.7. The highest BCUT2D eigenvalue weighted by molar-refractivity contribution is 5.72. The van der Waals surface area contributed by atoms with Gasteiger partial charge in [-0.05, 0) is 41.8 Å². The lowest BCUT2D eigenvalue weighted by Crippen LogP contribution is -2.58. The van der Waals surface area contributed by atoms with Crippen molar-refractivity contribution >= 4 is 0 Å². The van der Waals surface area contributed by atoms with Crippen molar-refractivity contribution in [2.45, 2.75) is 32.2 Å². The summed E-state index contributed by atoms with van der Waals surface area (Å²) in [6.45, 7) is 3.35. The summed E-state index contributed by atoms with van der Waals surface area (Å²) in [5.41, 5.74) is 0.0833.